The number of carbonyl (C=O) groups is 2. The van der Waals surface area contributed by atoms with Crippen LogP contribution in [0.4, 0.5) is 5.69 Å². The Morgan fingerprint density at radius 1 is 1.19 bits per heavy atom. The minimum atomic E-state index is -1.03. The average molecular weight is 355 g/mol. The van der Waals surface area contributed by atoms with E-state index in [1.807, 2.05) is 31.1 Å². The maximum Gasteiger partial charge on any atom is 0.344 e. The Bertz CT molecular complexity index is 801. The Kier molecular flexibility index (Phi) is 6.32. The number of benzene rings is 2. The fraction of sp³-hybridized carbons (Fsp3) is 0.211. The second-order valence-corrected chi connectivity index (χ2v) is 5.81. The molecule has 0 heterocycles. The van der Waals surface area contributed by atoms with Crippen molar-refractivity contribution in [1.82, 2.24) is 5.43 Å². The Hall–Kier alpha value is -3.35. The number of amides is 1. The minimum absolute atomic E-state index is 0.305. The van der Waals surface area contributed by atoms with Gasteiger partial charge in [-0.25, -0.2) is 10.2 Å². The second kappa shape index (κ2) is 8.66. The quantitative estimate of drug-likeness (QED) is 0.588. The zero-order valence-corrected chi connectivity index (χ0v) is 14.8. The summed E-state index contributed by atoms with van der Waals surface area (Å²) in [6, 6.07) is 13.9. The molecule has 2 N–H and O–H groups in total. The molecular formula is C19H21N3O4. The molecule has 2 aromatic rings. The molecule has 0 fully saturated rings. The highest BCUT2D eigenvalue weighted by atomic mass is 16.5. The van der Waals surface area contributed by atoms with Gasteiger partial charge in [0.1, 0.15) is 5.75 Å². The maximum atomic E-state index is 12.1. The normalized spacial score (nSPS) is 11.8. The molecule has 2 aromatic carbocycles. The Morgan fingerprint density at radius 2 is 1.88 bits per heavy atom. The van der Waals surface area contributed by atoms with Gasteiger partial charge in [-0.15, -0.1) is 0 Å². The first-order chi connectivity index (χ1) is 12.4. The third kappa shape index (κ3) is 5.34. The van der Waals surface area contributed by atoms with Gasteiger partial charge < -0.3 is 14.7 Å². The fourth-order valence-electron chi connectivity index (χ4n) is 2.04. The number of nitrogens with zero attached hydrogens (tertiary/aromatic N) is 2. The van der Waals surface area contributed by atoms with Gasteiger partial charge in [-0.2, -0.15) is 5.10 Å². The van der Waals surface area contributed by atoms with E-state index in [1.54, 1.807) is 36.4 Å². The highest BCUT2D eigenvalue weighted by Crippen LogP contribution is 2.14. The van der Waals surface area contributed by atoms with Crippen molar-refractivity contribution in [3.8, 4) is 5.75 Å². The van der Waals surface area contributed by atoms with Gasteiger partial charge in [-0.3, -0.25) is 4.79 Å². The van der Waals surface area contributed by atoms with Crippen LogP contribution in [-0.4, -0.2) is 43.4 Å². The molecule has 1 amide bonds. The first-order valence-electron chi connectivity index (χ1n) is 7.97. The van der Waals surface area contributed by atoms with E-state index in [0.717, 1.165) is 11.3 Å². The van der Waals surface area contributed by atoms with Gasteiger partial charge in [-0.1, -0.05) is 6.07 Å². The molecule has 0 unspecified atom stereocenters. The molecule has 26 heavy (non-hydrogen) atoms. The van der Waals surface area contributed by atoms with E-state index in [-0.39, 0.29) is 5.91 Å². The molecule has 0 bridgehead atoms. The minimum Gasteiger partial charge on any atom is -0.479 e. The Morgan fingerprint density at radius 3 is 2.50 bits per heavy atom. The highest BCUT2D eigenvalue weighted by molar-refractivity contribution is 5.95. The first-order valence-corrected chi connectivity index (χ1v) is 7.97. The molecule has 0 radical (unpaired) electrons. The van der Waals surface area contributed by atoms with E-state index < -0.39 is 12.1 Å². The van der Waals surface area contributed by atoms with Crippen LogP contribution in [0.15, 0.2) is 53.6 Å². The number of aliphatic carboxylic acids is 1. The average Bonchev–Trinajstić information content (AvgIpc) is 2.63. The number of carboxylic acid groups (broad SMARTS) is 1. The van der Waals surface area contributed by atoms with Gasteiger partial charge in [0.05, 0.1) is 6.21 Å². The van der Waals surface area contributed by atoms with Crippen molar-refractivity contribution in [2.45, 2.75) is 13.0 Å². The molecule has 7 heteroatoms. The van der Waals surface area contributed by atoms with E-state index in [2.05, 4.69) is 10.5 Å². The number of rotatable bonds is 7. The van der Waals surface area contributed by atoms with Crippen molar-refractivity contribution in [1.29, 1.82) is 0 Å². The molecule has 2 rings (SSSR count). The largest absolute Gasteiger partial charge is 0.479 e. The van der Waals surface area contributed by atoms with Crippen molar-refractivity contribution in [3.05, 3.63) is 59.7 Å². The van der Waals surface area contributed by atoms with Crippen LogP contribution in [0.5, 0.6) is 5.75 Å². The lowest BCUT2D eigenvalue weighted by molar-refractivity contribution is -0.144. The smallest absolute Gasteiger partial charge is 0.344 e. The summed E-state index contributed by atoms with van der Waals surface area (Å²) in [6.45, 7) is 1.46. The van der Waals surface area contributed by atoms with Crippen LogP contribution in [0.3, 0.4) is 0 Å². The number of hydrogen-bond donors (Lipinski definition) is 2. The molecule has 0 spiro atoms. The Labute approximate surface area is 151 Å². The summed E-state index contributed by atoms with van der Waals surface area (Å²) in [5.41, 5.74) is 4.65. The third-order valence-electron chi connectivity index (χ3n) is 3.55. The lowest BCUT2D eigenvalue weighted by Gasteiger charge is -2.12. The predicted molar refractivity (Wildman–Crippen MR) is 100.0 cm³/mol. The summed E-state index contributed by atoms with van der Waals surface area (Å²) >= 11 is 0. The standard InChI is InChI=1S/C19H21N3O4/c1-13(19(24)25)26-17-9-7-14(8-10-17)12-20-21-18(23)15-5-4-6-16(11-15)22(2)3/h4-13H,1-3H3,(H,21,23)(H,24,25)/b20-12+/t13-/m1/s1. The number of carbonyl (C=O) groups excluding carboxylic acids is 1. The van der Waals surface area contributed by atoms with Crippen molar-refractivity contribution in [2.75, 3.05) is 19.0 Å². The molecule has 0 aliphatic heterocycles. The van der Waals surface area contributed by atoms with Crippen LogP contribution in [0.25, 0.3) is 0 Å². The van der Waals surface area contributed by atoms with Gasteiger partial charge in [-0.05, 0) is 55.0 Å². The first kappa shape index (κ1) is 19.0. The molecule has 1 atom stereocenters. The van der Waals surface area contributed by atoms with Crippen LogP contribution < -0.4 is 15.1 Å². The van der Waals surface area contributed by atoms with Gasteiger partial charge in [0.15, 0.2) is 6.10 Å². The van der Waals surface area contributed by atoms with Crippen LogP contribution in [0.2, 0.25) is 0 Å². The van der Waals surface area contributed by atoms with E-state index in [9.17, 15) is 9.59 Å². The molecule has 0 aliphatic rings. The number of carboxylic acids is 1. The lowest BCUT2D eigenvalue weighted by atomic mass is 10.2. The topological polar surface area (TPSA) is 91.2 Å². The zero-order valence-electron chi connectivity index (χ0n) is 14.8. The van der Waals surface area contributed by atoms with E-state index >= 15 is 0 Å². The SMILES string of the molecule is C[C@@H](Oc1ccc(/C=N/NC(=O)c2cccc(N(C)C)c2)cc1)C(=O)O. The number of anilines is 1. The molecule has 0 saturated heterocycles. The van der Waals surface area contributed by atoms with Crippen molar-refractivity contribution < 1.29 is 19.4 Å². The Balaban J connectivity index is 1.94. The van der Waals surface area contributed by atoms with Gasteiger partial charge in [0, 0.05) is 25.3 Å². The van der Waals surface area contributed by atoms with Crippen LogP contribution in [0, 0.1) is 0 Å². The van der Waals surface area contributed by atoms with E-state index in [4.69, 9.17) is 9.84 Å². The van der Waals surface area contributed by atoms with Crippen molar-refractivity contribution >= 4 is 23.8 Å². The molecule has 7 nitrogen and oxygen atoms in total. The molecular weight excluding hydrogens is 334 g/mol. The number of hydrogen-bond acceptors (Lipinski definition) is 5. The highest BCUT2D eigenvalue weighted by Gasteiger charge is 2.11. The second-order valence-electron chi connectivity index (χ2n) is 5.81. The monoisotopic (exact) mass is 355 g/mol. The summed E-state index contributed by atoms with van der Waals surface area (Å²) in [5.74, 6) is -0.890. The summed E-state index contributed by atoms with van der Waals surface area (Å²) in [5, 5.41) is 12.8. The number of ether oxygens (including phenoxy) is 1. The van der Waals surface area contributed by atoms with Gasteiger partial charge in [0.2, 0.25) is 0 Å². The van der Waals surface area contributed by atoms with E-state index in [1.165, 1.54) is 13.1 Å². The summed E-state index contributed by atoms with van der Waals surface area (Å²) in [7, 11) is 3.81. The van der Waals surface area contributed by atoms with Crippen LogP contribution in [-0.2, 0) is 4.79 Å². The van der Waals surface area contributed by atoms with Crippen molar-refractivity contribution in [3.63, 3.8) is 0 Å². The zero-order chi connectivity index (χ0) is 19.1. The van der Waals surface area contributed by atoms with Gasteiger partial charge >= 0.3 is 5.97 Å². The molecule has 0 aliphatic carbocycles. The van der Waals surface area contributed by atoms with Crippen molar-refractivity contribution in [2.24, 2.45) is 5.10 Å². The molecule has 0 saturated carbocycles. The number of hydrazone groups is 1. The van der Waals surface area contributed by atoms with E-state index in [0.29, 0.717) is 11.3 Å². The molecule has 0 aromatic heterocycles. The maximum absolute atomic E-state index is 12.1. The number of nitrogens with one attached hydrogen (secondary N) is 1. The van der Waals surface area contributed by atoms with Crippen LogP contribution in [0.1, 0.15) is 22.8 Å². The predicted octanol–water partition coefficient (Wildman–Crippen LogP) is 2.37. The third-order valence-corrected chi connectivity index (χ3v) is 3.55. The summed E-state index contributed by atoms with van der Waals surface area (Å²) in [4.78, 5) is 24.8. The fourth-order valence-corrected chi connectivity index (χ4v) is 2.04. The summed E-state index contributed by atoms with van der Waals surface area (Å²) in [6.07, 6.45) is 0.574. The van der Waals surface area contributed by atoms with Crippen LogP contribution >= 0.6 is 0 Å². The summed E-state index contributed by atoms with van der Waals surface area (Å²) < 4.78 is 5.24. The lowest BCUT2D eigenvalue weighted by Crippen LogP contribution is -2.22. The van der Waals surface area contributed by atoms with Gasteiger partial charge in [0.25, 0.3) is 5.91 Å². The molecule has 136 valence electrons.